The third-order valence-corrected chi connectivity index (χ3v) is 4.05. The quantitative estimate of drug-likeness (QED) is 0.684. The lowest BCUT2D eigenvalue weighted by Gasteiger charge is -2.32. The largest absolute Gasteiger partial charge is 0.462 e. The summed E-state index contributed by atoms with van der Waals surface area (Å²) in [5.41, 5.74) is 4.88. The molecule has 2 amide bonds. The van der Waals surface area contributed by atoms with Gasteiger partial charge >= 0.3 is 5.97 Å². The topological polar surface area (TPSA) is 112 Å². The summed E-state index contributed by atoms with van der Waals surface area (Å²) in [5, 5.41) is 6.96. The minimum atomic E-state index is -0.751. The van der Waals surface area contributed by atoms with Crippen molar-refractivity contribution in [1.29, 1.82) is 0 Å². The first kappa shape index (κ1) is 18.4. The molecule has 3 rings (SSSR count). The van der Waals surface area contributed by atoms with Crippen LogP contribution >= 0.6 is 0 Å². The maximum atomic E-state index is 12.7. The number of esters is 1. The number of anilines is 1. The highest BCUT2D eigenvalue weighted by Crippen LogP contribution is 2.20. The lowest BCUT2D eigenvalue weighted by Crippen LogP contribution is -2.61. The van der Waals surface area contributed by atoms with Crippen molar-refractivity contribution in [1.82, 2.24) is 15.8 Å². The Morgan fingerprint density at radius 3 is 2.63 bits per heavy atom. The first-order valence-electron chi connectivity index (χ1n) is 8.59. The van der Waals surface area contributed by atoms with E-state index in [9.17, 15) is 14.4 Å². The number of carbonyl (C=O) groups is 3. The maximum absolute atomic E-state index is 12.7. The van der Waals surface area contributed by atoms with Gasteiger partial charge in [-0.2, -0.15) is 4.99 Å². The number of carbonyl (C=O) groups excluding carboxylic acids is 3. The summed E-state index contributed by atoms with van der Waals surface area (Å²) in [6.45, 7) is 5.79. The fourth-order valence-electron chi connectivity index (χ4n) is 2.67. The van der Waals surface area contributed by atoms with E-state index in [0.717, 1.165) is 5.57 Å². The molecule has 0 aliphatic carbocycles. The number of hydrogen-bond acceptors (Lipinski definition) is 7. The highest BCUT2D eigenvalue weighted by Gasteiger charge is 2.39. The molecule has 0 aromatic heterocycles. The molecule has 1 atom stereocenters. The second kappa shape index (κ2) is 7.48. The molecule has 2 heterocycles. The molecule has 2 aliphatic heterocycles. The van der Waals surface area contributed by atoms with Crippen LogP contribution in [0.1, 0.15) is 37.6 Å². The van der Waals surface area contributed by atoms with Gasteiger partial charge in [-0.1, -0.05) is 0 Å². The van der Waals surface area contributed by atoms with Crippen LogP contribution < -0.4 is 16.1 Å². The first-order chi connectivity index (χ1) is 12.9. The van der Waals surface area contributed by atoms with Crippen LogP contribution in [0.2, 0.25) is 0 Å². The Morgan fingerprint density at radius 1 is 1.30 bits per heavy atom. The second-order valence-electron chi connectivity index (χ2n) is 6.32. The maximum Gasteiger partial charge on any atom is 0.338 e. The standard InChI is InChI=1S/C18H21N5O4/c1-4-27-17(26)11-5-7-12(8-6-11)19-16(25)13-9-14(24)20-18-21-15(10(2)3)22-23(13)18/h5-8,13,22H,4,9H2,1-3H3,(H,19,25)(H,20,21,24). The van der Waals surface area contributed by atoms with Crippen LogP contribution in [0.4, 0.5) is 5.69 Å². The average molecular weight is 371 g/mol. The monoisotopic (exact) mass is 371 g/mol. The van der Waals surface area contributed by atoms with Crippen LogP contribution in [-0.4, -0.2) is 41.4 Å². The number of amides is 2. The third-order valence-electron chi connectivity index (χ3n) is 4.05. The molecule has 1 saturated heterocycles. The van der Waals surface area contributed by atoms with Crippen molar-refractivity contribution in [3.8, 4) is 0 Å². The van der Waals surface area contributed by atoms with Crippen LogP contribution in [0.25, 0.3) is 0 Å². The Kier molecular flexibility index (Phi) is 5.11. The van der Waals surface area contributed by atoms with Gasteiger partial charge in [-0.15, -0.1) is 0 Å². The van der Waals surface area contributed by atoms with E-state index in [-0.39, 0.29) is 18.2 Å². The molecule has 9 nitrogen and oxygen atoms in total. The zero-order valence-corrected chi connectivity index (χ0v) is 15.3. The molecule has 1 fully saturated rings. The van der Waals surface area contributed by atoms with Gasteiger partial charge in [0.1, 0.15) is 11.9 Å². The molecular formula is C18H21N5O4. The summed E-state index contributed by atoms with van der Waals surface area (Å²) >= 11 is 0. The fraction of sp³-hybridized carbons (Fsp3) is 0.333. The molecule has 0 radical (unpaired) electrons. The van der Waals surface area contributed by atoms with Gasteiger partial charge in [0.25, 0.3) is 0 Å². The van der Waals surface area contributed by atoms with Crippen LogP contribution in [0.3, 0.4) is 0 Å². The van der Waals surface area contributed by atoms with Gasteiger partial charge in [-0.3, -0.25) is 20.3 Å². The number of ether oxygens (including phenoxy) is 1. The van der Waals surface area contributed by atoms with E-state index >= 15 is 0 Å². The summed E-state index contributed by atoms with van der Waals surface area (Å²) < 4.78 is 4.93. The molecular weight excluding hydrogens is 350 g/mol. The number of nitrogens with one attached hydrogen (secondary N) is 3. The van der Waals surface area contributed by atoms with Gasteiger partial charge < -0.3 is 10.1 Å². The Morgan fingerprint density at radius 2 is 2.00 bits per heavy atom. The number of aliphatic imine (C=N–C) groups is 1. The van der Waals surface area contributed by atoms with E-state index < -0.39 is 12.0 Å². The number of rotatable bonds is 4. The molecule has 0 saturated carbocycles. The summed E-state index contributed by atoms with van der Waals surface area (Å²) in [7, 11) is 0. The van der Waals surface area contributed by atoms with Gasteiger partial charge in [0.15, 0.2) is 0 Å². The molecule has 1 aromatic rings. The summed E-state index contributed by atoms with van der Waals surface area (Å²) in [6.07, 6.45) is -0.00515. The molecule has 3 N–H and O–H groups in total. The predicted octanol–water partition coefficient (Wildman–Crippen LogP) is 1.12. The third kappa shape index (κ3) is 3.91. The summed E-state index contributed by atoms with van der Waals surface area (Å²) in [5.74, 6) is -0.150. The Labute approximate surface area is 156 Å². The number of hydrazine groups is 1. The SMILES string of the molecule is CCOC(=O)c1ccc(NC(=O)C2CC(=O)NC3=NC(=C(C)C)NN32)cc1. The van der Waals surface area contributed by atoms with Crippen molar-refractivity contribution in [3.05, 3.63) is 41.2 Å². The molecule has 0 bridgehead atoms. The molecule has 0 spiro atoms. The minimum absolute atomic E-state index is 0.00515. The van der Waals surface area contributed by atoms with Crippen LogP contribution in [0.5, 0.6) is 0 Å². The number of benzene rings is 1. The number of fused-ring (bicyclic) bond motifs is 1. The molecule has 2 aliphatic rings. The zero-order valence-electron chi connectivity index (χ0n) is 15.3. The normalized spacial score (nSPS) is 18.1. The molecule has 1 aromatic carbocycles. The molecule has 9 heteroatoms. The summed E-state index contributed by atoms with van der Waals surface area (Å²) in [4.78, 5) is 40.6. The van der Waals surface area contributed by atoms with Crippen molar-refractivity contribution in [3.63, 3.8) is 0 Å². The van der Waals surface area contributed by atoms with Gasteiger partial charge in [-0.25, -0.2) is 9.80 Å². The van der Waals surface area contributed by atoms with E-state index in [2.05, 4.69) is 21.1 Å². The van der Waals surface area contributed by atoms with E-state index in [1.807, 2.05) is 13.8 Å². The average Bonchev–Trinajstić information content (AvgIpc) is 3.06. The first-order valence-corrected chi connectivity index (χ1v) is 8.59. The van der Waals surface area contributed by atoms with E-state index in [0.29, 0.717) is 29.6 Å². The van der Waals surface area contributed by atoms with Gasteiger partial charge in [0, 0.05) is 5.69 Å². The minimum Gasteiger partial charge on any atom is -0.462 e. The number of allylic oxidation sites excluding steroid dienone is 1. The molecule has 142 valence electrons. The van der Waals surface area contributed by atoms with Crippen molar-refractivity contribution >= 4 is 29.4 Å². The second-order valence-corrected chi connectivity index (χ2v) is 6.32. The number of nitrogens with zero attached hydrogens (tertiary/aromatic N) is 2. The zero-order chi connectivity index (χ0) is 19.6. The van der Waals surface area contributed by atoms with Crippen molar-refractivity contribution < 1.29 is 19.1 Å². The van der Waals surface area contributed by atoms with Crippen LogP contribution in [0, 0.1) is 0 Å². The molecule has 27 heavy (non-hydrogen) atoms. The van der Waals surface area contributed by atoms with Crippen LogP contribution in [0.15, 0.2) is 40.7 Å². The number of guanidine groups is 1. The highest BCUT2D eigenvalue weighted by atomic mass is 16.5. The Balaban J connectivity index is 1.72. The fourth-order valence-corrected chi connectivity index (χ4v) is 2.67. The van der Waals surface area contributed by atoms with Gasteiger partial charge in [-0.05, 0) is 50.6 Å². The van der Waals surface area contributed by atoms with Crippen LogP contribution in [-0.2, 0) is 14.3 Å². The van der Waals surface area contributed by atoms with Crippen molar-refractivity contribution in [2.24, 2.45) is 4.99 Å². The highest BCUT2D eigenvalue weighted by molar-refractivity contribution is 6.07. The smallest absolute Gasteiger partial charge is 0.338 e. The van der Waals surface area contributed by atoms with Crippen molar-refractivity contribution in [2.75, 3.05) is 11.9 Å². The number of hydrogen-bond donors (Lipinski definition) is 3. The van der Waals surface area contributed by atoms with E-state index in [1.165, 1.54) is 0 Å². The van der Waals surface area contributed by atoms with E-state index in [4.69, 9.17) is 4.74 Å². The lowest BCUT2D eigenvalue weighted by molar-refractivity contribution is -0.129. The Hall–Kier alpha value is -3.36. The summed E-state index contributed by atoms with van der Waals surface area (Å²) in [6, 6.07) is 5.62. The Bertz CT molecular complexity index is 840. The van der Waals surface area contributed by atoms with E-state index in [1.54, 1.807) is 36.2 Å². The molecule has 1 unspecified atom stereocenters. The lowest BCUT2D eigenvalue weighted by atomic mass is 10.1. The van der Waals surface area contributed by atoms with Crippen molar-refractivity contribution in [2.45, 2.75) is 33.2 Å². The van der Waals surface area contributed by atoms with Gasteiger partial charge in [0.2, 0.25) is 17.8 Å². The van der Waals surface area contributed by atoms with Gasteiger partial charge in [0.05, 0.1) is 18.6 Å². The predicted molar refractivity (Wildman–Crippen MR) is 98.4 cm³/mol.